The van der Waals surface area contributed by atoms with Crippen molar-refractivity contribution < 1.29 is 9.90 Å². The number of carbonyl (C=O) groups is 1. The first-order valence-corrected chi connectivity index (χ1v) is 7.30. The molecule has 0 saturated heterocycles. The van der Waals surface area contributed by atoms with Crippen LogP contribution in [-0.2, 0) is 4.79 Å². The number of halogens is 1. The average molecular weight is 374 g/mol. The van der Waals surface area contributed by atoms with Gasteiger partial charge in [0.05, 0.1) is 17.1 Å². The van der Waals surface area contributed by atoms with Gasteiger partial charge >= 0.3 is 5.97 Å². The van der Waals surface area contributed by atoms with Gasteiger partial charge in [0.2, 0.25) is 0 Å². The molecular weight excluding hydrogens is 363 g/mol. The Bertz CT molecular complexity index is 583. The first-order chi connectivity index (χ1) is 8.58. The van der Waals surface area contributed by atoms with Crippen molar-refractivity contribution in [2.45, 2.75) is 12.1 Å². The molecule has 4 nitrogen and oxygen atoms in total. The first-order valence-electron chi connectivity index (χ1n) is 5.23. The van der Waals surface area contributed by atoms with E-state index in [2.05, 4.69) is 27.6 Å². The third-order valence-electron chi connectivity index (χ3n) is 2.23. The van der Waals surface area contributed by atoms with Crippen molar-refractivity contribution in [2.24, 2.45) is 0 Å². The highest BCUT2D eigenvalue weighted by molar-refractivity contribution is 14.1. The Balaban J connectivity index is 2.38. The summed E-state index contributed by atoms with van der Waals surface area (Å²) in [5.41, 5.74) is 1.90. The molecule has 0 saturated carbocycles. The molecule has 0 unspecified atom stereocenters. The second-order valence-corrected chi connectivity index (χ2v) is 5.77. The minimum absolute atomic E-state index is 0.0138. The number of benzene rings is 1. The van der Waals surface area contributed by atoms with Crippen LogP contribution in [0.2, 0.25) is 0 Å². The molecule has 0 fully saturated rings. The molecule has 18 heavy (non-hydrogen) atoms. The Kier molecular flexibility index (Phi) is 4.28. The maximum absolute atomic E-state index is 10.6. The van der Waals surface area contributed by atoms with Gasteiger partial charge in [0.1, 0.15) is 0 Å². The molecule has 0 amide bonds. The minimum atomic E-state index is -0.838. The molecule has 1 heterocycles. The minimum Gasteiger partial charge on any atom is -0.481 e. The predicted octanol–water partition coefficient (Wildman–Crippen LogP) is 2.96. The fraction of sp³-hybridized carbons (Fsp3) is 0.167. The topological polar surface area (TPSA) is 55.1 Å². The smallest absolute Gasteiger partial charge is 0.313 e. The van der Waals surface area contributed by atoms with E-state index in [1.807, 2.05) is 42.0 Å². The zero-order valence-corrected chi connectivity index (χ0v) is 12.6. The molecule has 0 spiro atoms. The number of thioether (sulfide) groups is 1. The van der Waals surface area contributed by atoms with E-state index in [-0.39, 0.29) is 5.75 Å². The van der Waals surface area contributed by atoms with Gasteiger partial charge in [-0.25, -0.2) is 4.98 Å². The molecule has 0 aliphatic rings. The molecular formula is C12H11IN2O2S. The number of aromatic nitrogens is 2. The predicted molar refractivity (Wildman–Crippen MR) is 79.4 cm³/mol. The van der Waals surface area contributed by atoms with Crippen LogP contribution in [0.25, 0.3) is 5.69 Å². The van der Waals surface area contributed by atoms with E-state index in [9.17, 15) is 4.79 Å². The summed E-state index contributed by atoms with van der Waals surface area (Å²) in [5, 5.41) is 9.45. The molecule has 2 rings (SSSR count). The molecule has 0 aliphatic heterocycles. The van der Waals surface area contributed by atoms with Crippen LogP contribution in [0.5, 0.6) is 0 Å². The van der Waals surface area contributed by atoms with Crippen molar-refractivity contribution in [3.63, 3.8) is 0 Å². The first kappa shape index (κ1) is 13.4. The third-order valence-corrected chi connectivity index (χ3v) is 4.08. The number of aliphatic carboxylic acids is 1. The summed E-state index contributed by atoms with van der Waals surface area (Å²) in [6, 6.07) is 7.93. The number of carboxylic acids is 1. The van der Waals surface area contributed by atoms with Gasteiger partial charge in [-0.2, -0.15) is 0 Å². The summed E-state index contributed by atoms with van der Waals surface area (Å²) in [6.07, 6.45) is 1.92. The number of imidazole rings is 1. The van der Waals surface area contributed by atoms with Crippen molar-refractivity contribution in [1.29, 1.82) is 0 Å². The molecule has 6 heteroatoms. The Morgan fingerprint density at radius 1 is 1.50 bits per heavy atom. The van der Waals surface area contributed by atoms with Gasteiger partial charge in [-0.15, -0.1) is 0 Å². The van der Waals surface area contributed by atoms with E-state index in [1.54, 1.807) is 0 Å². The second kappa shape index (κ2) is 5.75. The number of aryl methyl sites for hydroxylation is 1. The number of rotatable bonds is 4. The van der Waals surface area contributed by atoms with Crippen LogP contribution in [0.3, 0.4) is 0 Å². The summed E-state index contributed by atoms with van der Waals surface area (Å²) >= 11 is 3.49. The third kappa shape index (κ3) is 3.05. The Morgan fingerprint density at radius 3 is 2.89 bits per heavy atom. The maximum atomic E-state index is 10.6. The highest BCUT2D eigenvalue weighted by atomic mass is 127. The summed E-state index contributed by atoms with van der Waals surface area (Å²) in [6.45, 7) is 1.90. The molecule has 94 valence electrons. The standard InChI is InChI=1S/C12H11IN2O2S/c1-8-6-15(10-5-3-2-4-9(10)13)12(14-8)18-7-11(16)17/h2-6H,7H2,1H3,(H,16,17). The zero-order chi connectivity index (χ0) is 13.1. The lowest BCUT2D eigenvalue weighted by Gasteiger charge is -2.08. The summed E-state index contributed by atoms with van der Waals surface area (Å²) in [4.78, 5) is 15.0. The van der Waals surface area contributed by atoms with Crippen molar-refractivity contribution in [3.05, 3.63) is 39.7 Å². The molecule has 0 atom stereocenters. The summed E-state index contributed by atoms with van der Waals surface area (Å²) < 4.78 is 3.04. The van der Waals surface area contributed by atoms with Gasteiger partial charge in [0, 0.05) is 9.77 Å². The molecule has 1 N–H and O–H groups in total. The number of carboxylic acid groups (broad SMARTS) is 1. The largest absolute Gasteiger partial charge is 0.481 e. The molecule has 1 aromatic carbocycles. The van der Waals surface area contributed by atoms with Gasteiger partial charge in [-0.05, 0) is 41.6 Å². The van der Waals surface area contributed by atoms with Gasteiger partial charge in [0.15, 0.2) is 5.16 Å². The average Bonchev–Trinajstić information content (AvgIpc) is 2.68. The lowest BCUT2D eigenvalue weighted by atomic mass is 10.3. The number of hydrogen-bond acceptors (Lipinski definition) is 3. The molecule has 1 aromatic heterocycles. The van der Waals surface area contributed by atoms with Gasteiger partial charge in [-0.1, -0.05) is 23.9 Å². The molecule has 0 aliphatic carbocycles. The zero-order valence-electron chi connectivity index (χ0n) is 9.63. The second-order valence-electron chi connectivity index (χ2n) is 3.67. The SMILES string of the molecule is Cc1cn(-c2ccccc2I)c(SCC(=O)O)n1. The van der Waals surface area contributed by atoms with Gasteiger partial charge in [-0.3, -0.25) is 9.36 Å². The molecule has 0 radical (unpaired) electrons. The monoisotopic (exact) mass is 374 g/mol. The Labute approximate surface area is 123 Å². The lowest BCUT2D eigenvalue weighted by Crippen LogP contribution is -2.02. The van der Waals surface area contributed by atoms with Crippen molar-refractivity contribution >= 4 is 40.3 Å². The molecule has 2 aromatic rings. The normalized spacial score (nSPS) is 10.6. The summed E-state index contributed by atoms with van der Waals surface area (Å²) in [5.74, 6) is -0.824. The highest BCUT2D eigenvalue weighted by Crippen LogP contribution is 2.24. The van der Waals surface area contributed by atoms with Crippen molar-refractivity contribution in [2.75, 3.05) is 5.75 Å². The van der Waals surface area contributed by atoms with Crippen molar-refractivity contribution in [3.8, 4) is 5.69 Å². The Hall–Kier alpha value is -1.02. The van der Waals surface area contributed by atoms with E-state index in [1.165, 1.54) is 11.8 Å². The fourth-order valence-corrected chi connectivity index (χ4v) is 2.92. The quantitative estimate of drug-likeness (QED) is 0.661. The van der Waals surface area contributed by atoms with Crippen LogP contribution in [0.4, 0.5) is 0 Å². The maximum Gasteiger partial charge on any atom is 0.313 e. The number of nitrogens with zero attached hydrogens (tertiary/aromatic N) is 2. The van der Waals surface area contributed by atoms with Crippen LogP contribution in [0.15, 0.2) is 35.6 Å². The number of hydrogen-bond donors (Lipinski definition) is 1. The van der Waals surface area contributed by atoms with Crippen LogP contribution in [0.1, 0.15) is 5.69 Å². The van der Waals surface area contributed by atoms with E-state index in [4.69, 9.17) is 5.11 Å². The Morgan fingerprint density at radius 2 is 2.22 bits per heavy atom. The lowest BCUT2D eigenvalue weighted by molar-refractivity contribution is -0.133. The summed E-state index contributed by atoms with van der Waals surface area (Å²) in [7, 11) is 0. The molecule has 0 bridgehead atoms. The van der Waals surface area contributed by atoms with E-state index >= 15 is 0 Å². The van der Waals surface area contributed by atoms with Crippen LogP contribution >= 0.6 is 34.4 Å². The van der Waals surface area contributed by atoms with Crippen LogP contribution in [0, 0.1) is 10.5 Å². The van der Waals surface area contributed by atoms with Crippen molar-refractivity contribution in [1.82, 2.24) is 9.55 Å². The highest BCUT2D eigenvalue weighted by Gasteiger charge is 2.11. The number of para-hydroxylation sites is 1. The van der Waals surface area contributed by atoms with Crippen LogP contribution < -0.4 is 0 Å². The fourth-order valence-electron chi connectivity index (χ4n) is 1.52. The van der Waals surface area contributed by atoms with Gasteiger partial charge < -0.3 is 5.11 Å². The van der Waals surface area contributed by atoms with E-state index < -0.39 is 5.97 Å². The van der Waals surface area contributed by atoms with Crippen LogP contribution in [-0.4, -0.2) is 26.4 Å². The van der Waals surface area contributed by atoms with Gasteiger partial charge in [0.25, 0.3) is 0 Å². The van der Waals surface area contributed by atoms with E-state index in [0.717, 1.165) is 15.0 Å². The van der Waals surface area contributed by atoms with E-state index in [0.29, 0.717) is 5.16 Å².